The molecule has 0 heterocycles. The molecular weight excluding hydrogens is 400 g/mol. The Kier molecular flexibility index (Phi) is 8.75. The van der Waals surface area contributed by atoms with Crippen molar-refractivity contribution in [3.63, 3.8) is 0 Å². The van der Waals surface area contributed by atoms with Gasteiger partial charge in [-0.05, 0) is 61.7 Å². The van der Waals surface area contributed by atoms with Crippen LogP contribution in [0.25, 0.3) is 0 Å². The van der Waals surface area contributed by atoms with Crippen LogP contribution in [0.2, 0.25) is 0 Å². The molecule has 2 amide bonds. The minimum absolute atomic E-state index is 0.0291. The van der Waals surface area contributed by atoms with Crippen LogP contribution in [0.3, 0.4) is 0 Å². The number of carbonyl (C=O) groups is 4. The van der Waals surface area contributed by atoms with E-state index in [1.54, 1.807) is 12.1 Å². The Morgan fingerprint density at radius 2 is 1.58 bits per heavy atom. The molecule has 0 fully saturated rings. The number of benzene rings is 2. The number of nitrogens with one attached hydrogen (secondary N) is 2. The fourth-order valence-corrected chi connectivity index (χ4v) is 2.70. The maximum Gasteiger partial charge on any atom is 0.337 e. The van der Waals surface area contributed by atoms with Gasteiger partial charge in [-0.2, -0.15) is 0 Å². The van der Waals surface area contributed by atoms with Gasteiger partial charge in [0.15, 0.2) is 6.61 Å². The highest BCUT2D eigenvalue weighted by Gasteiger charge is 2.11. The van der Waals surface area contributed by atoms with Crippen molar-refractivity contribution in [1.82, 2.24) is 0 Å². The van der Waals surface area contributed by atoms with E-state index in [0.717, 1.165) is 16.8 Å². The van der Waals surface area contributed by atoms with Crippen molar-refractivity contribution < 1.29 is 28.7 Å². The Bertz CT molecular complexity index is 953. The molecule has 0 unspecified atom stereocenters. The molecule has 0 aliphatic carbocycles. The van der Waals surface area contributed by atoms with Crippen molar-refractivity contribution >= 4 is 35.1 Å². The molecule has 0 aliphatic rings. The first kappa shape index (κ1) is 23.6. The van der Waals surface area contributed by atoms with Gasteiger partial charge in [-0.3, -0.25) is 14.4 Å². The van der Waals surface area contributed by atoms with E-state index in [-0.39, 0.29) is 18.7 Å². The highest BCUT2D eigenvalue weighted by Crippen LogP contribution is 2.17. The first-order valence-electron chi connectivity index (χ1n) is 9.79. The van der Waals surface area contributed by atoms with E-state index in [2.05, 4.69) is 15.4 Å². The molecule has 2 N–H and O–H groups in total. The molecule has 0 saturated carbocycles. The highest BCUT2D eigenvalue weighted by atomic mass is 16.5. The summed E-state index contributed by atoms with van der Waals surface area (Å²) in [6, 6.07) is 11.9. The summed E-state index contributed by atoms with van der Waals surface area (Å²) in [7, 11) is 1.28. The van der Waals surface area contributed by atoms with Gasteiger partial charge in [-0.15, -0.1) is 0 Å². The molecule has 0 bridgehead atoms. The van der Waals surface area contributed by atoms with E-state index in [1.807, 2.05) is 32.0 Å². The van der Waals surface area contributed by atoms with Crippen LogP contribution in [-0.4, -0.2) is 37.5 Å². The molecular formula is C23H26N2O6. The summed E-state index contributed by atoms with van der Waals surface area (Å²) < 4.78 is 9.53. The van der Waals surface area contributed by atoms with Crippen LogP contribution in [-0.2, 0) is 23.9 Å². The number of methoxy groups -OCH3 is 1. The summed E-state index contributed by atoms with van der Waals surface area (Å²) in [5.41, 5.74) is 3.57. The largest absolute Gasteiger partial charge is 0.465 e. The second-order valence-electron chi connectivity index (χ2n) is 7.00. The van der Waals surface area contributed by atoms with Crippen molar-refractivity contribution in [1.29, 1.82) is 0 Å². The third-order valence-corrected chi connectivity index (χ3v) is 4.41. The number of anilines is 2. The molecule has 0 spiro atoms. The number of carbonyl (C=O) groups excluding carboxylic acids is 4. The third-order valence-electron chi connectivity index (χ3n) is 4.41. The molecule has 2 aromatic carbocycles. The topological polar surface area (TPSA) is 111 Å². The summed E-state index contributed by atoms with van der Waals surface area (Å²) in [5, 5.41) is 5.39. The lowest BCUT2D eigenvalue weighted by Gasteiger charge is -2.09. The maximum atomic E-state index is 12.1. The molecule has 8 nitrogen and oxygen atoms in total. The number of rotatable bonds is 9. The van der Waals surface area contributed by atoms with Gasteiger partial charge in [0.1, 0.15) is 0 Å². The van der Waals surface area contributed by atoms with E-state index < -0.39 is 24.5 Å². The van der Waals surface area contributed by atoms with Crippen LogP contribution < -0.4 is 10.6 Å². The lowest BCUT2D eigenvalue weighted by molar-refractivity contribution is -0.147. The zero-order valence-electron chi connectivity index (χ0n) is 17.8. The second-order valence-corrected chi connectivity index (χ2v) is 7.00. The Balaban J connectivity index is 1.67. The molecule has 8 heteroatoms. The normalized spacial score (nSPS) is 10.2. The third kappa shape index (κ3) is 7.93. The monoisotopic (exact) mass is 426 g/mol. The Morgan fingerprint density at radius 1 is 0.871 bits per heavy atom. The smallest absolute Gasteiger partial charge is 0.337 e. The van der Waals surface area contributed by atoms with Crippen LogP contribution in [0.5, 0.6) is 0 Å². The zero-order chi connectivity index (χ0) is 22.8. The van der Waals surface area contributed by atoms with Crippen LogP contribution in [0, 0.1) is 13.8 Å². The van der Waals surface area contributed by atoms with E-state index >= 15 is 0 Å². The highest BCUT2D eigenvalue weighted by molar-refractivity contribution is 5.94. The van der Waals surface area contributed by atoms with Crippen LogP contribution in [0.4, 0.5) is 11.4 Å². The van der Waals surface area contributed by atoms with Gasteiger partial charge in [-0.25, -0.2) is 4.79 Å². The van der Waals surface area contributed by atoms with Crippen molar-refractivity contribution in [3.05, 3.63) is 59.2 Å². The predicted octanol–water partition coefficient (Wildman–Crippen LogP) is 3.38. The minimum atomic E-state index is -0.560. The Hall–Kier alpha value is -3.68. The number of esters is 2. The van der Waals surface area contributed by atoms with Gasteiger partial charge >= 0.3 is 11.9 Å². The van der Waals surface area contributed by atoms with Crippen molar-refractivity contribution in [3.8, 4) is 0 Å². The van der Waals surface area contributed by atoms with Crippen LogP contribution in [0.1, 0.15) is 40.7 Å². The van der Waals surface area contributed by atoms with E-state index in [4.69, 9.17) is 4.74 Å². The van der Waals surface area contributed by atoms with E-state index in [0.29, 0.717) is 17.7 Å². The molecule has 2 aromatic rings. The van der Waals surface area contributed by atoms with Crippen molar-refractivity contribution in [2.24, 2.45) is 0 Å². The Morgan fingerprint density at radius 3 is 2.26 bits per heavy atom. The number of amides is 2. The second kappa shape index (κ2) is 11.5. The Labute approximate surface area is 180 Å². The van der Waals surface area contributed by atoms with Gasteiger partial charge in [0.25, 0.3) is 5.91 Å². The van der Waals surface area contributed by atoms with Gasteiger partial charge in [0, 0.05) is 24.2 Å². The quantitative estimate of drug-likeness (QED) is 0.595. The molecule has 164 valence electrons. The lowest BCUT2D eigenvalue weighted by Crippen LogP contribution is -2.21. The molecule has 0 atom stereocenters. The molecule has 0 aliphatic heterocycles. The van der Waals surface area contributed by atoms with Gasteiger partial charge in [0.2, 0.25) is 5.91 Å². The lowest BCUT2D eigenvalue weighted by atomic mass is 10.1. The average Bonchev–Trinajstić information content (AvgIpc) is 2.75. The van der Waals surface area contributed by atoms with Crippen molar-refractivity contribution in [2.45, 2.75) is 33.1 Å². The van der Waals surface area contributed by atoms with Crippen LogP contribution >= 0.6 is 0 Å². The number of hydrogen-bond donors (Lipinski definition) is 2. The molecule has 31 heavy (non-hydrogen) atoms. The minimum Gasteiger partial charge on any atom is -0.465 e. The van der Waals surface area contributed by atoms with E-state index in [1.165, 1.54) is 19.2 Å². The molecule has 2 rings (SSSR count). The summed E-state index contributed by atoms with van der Waals surface area (Å²) in [6.07, 6.45) is 0.509. The van der Waals surface area contributed by atoms with Gasteiger partial charge in [0.05, 0.1) is 12.7 Å². The summed E-state index contributed by atoms with van der Waals surface area (Å²) in [5.74, 6) is -1.73. The summed E-state index contributed by atoms with van der Waals surface area (Å²) in [4.78, 5) is 47.1. The number of ether oxygens (including phenoxy) is 2. The standard InChI is InChI=1S/C23H26N2O6/c1-15-7-8-16(2)19(13-15)25-20(26)5-4-6-22(28)31-14-21(27)24-18-11-9-17(10-12-18)23(29)30-3/h7-13H,4-6,14H2,1-3H3,(H,24,27)(H,25,26). The fraction of sp³-hybridized carbons (Fsp3) is 0.304. The summed E-state index contributed by atoms with van der Waals surface area (Å²) in [6.45, 7) is 3.41. The predicted molar refractivity (Wildman–Crippen MR) is 116 cm³/mol. The SMILES string of the molecule is COC(=O)c1ccc(NC(=O)COC(=O)CCCC(=O)Nc2cc(C)ccc2C)cc1. The average molecular weight is 426 g/mol. The molecule has 0 radical (unpaired) electrons. The zero-order valence-corrected chi connectivity index (χ0v) is 17.8. The molecule has 0 saturated heterocycles. The fourth-order valence-electron chi connectivity index (χ4n) is 2.70. The van der Waals surface area contributed by atoms with E-state index in [9.17, 15) is 19.2 Å². The van der Waals surface area contributed by atoms with Gasteiger partial charge < -0.3 is 20.1 Å². The van der Waals surface area contributed by atoms with Crippen molar-refractivity contribution in [2.75, 3.05) is 24.4 Å². The summed E-state index contributed by atoms with van der Waals surface area (Å²) >= 11 is 0. The number of aryl methyl sites for hydroxylation is 2. The van der Waals surface area contributed by atoms with Gasteiger partial charge in [-0.1, -0.05) is 12.1 Å². The first-order chi connectivity index (χ1) is 14.8. The van der Waals surface area contributed by atoms with Crippen LogP contribution in [0.15, 0.2) is 42.5 Å². The molecule has 0 aromatic heterocycles. The maximum absolute atomic E-state index is 12.1. The first-order valence-corrected chi connectivity index (χ1v) is 9.79. The number of hydrogen-bond acceptors (Lipinski definition) is 6.